The number of hydrogen-bond donors (Lipinski definition) is 1. The van der Waals surface area contributed by atoms with E-state index in [0.717, 1.165) is 14.3 Å². The molecular formula is C25H24BrCl2N3O4S. The fourth-order valence-electron chi connectivity index (χ4n) is 3.49. The highest BCUT2D eigenvalue weighted by Crippen LogP contribution is 2.33. The molecule has 0 unspecified atom stereocenters. The summed E-state index contributed by atoms with van der Waals surface area (Å²) in [6.07, 6.45) is 0. The lowest BCUT2D eigenvalue weighted by molar-refractivity contribution is -0.139. The molecule has 7 nitrogen and oxygen atoms in total. The Kier molecular flexibility index (Phi) is 9.41. The number of nitrogens with zero attached hydrogens (tertiary/aromatic N) is 2. The van der Waals surface area contributed by atoms with Gasteiger partial charge in [0.05, 0.1) is 15.6 Å². The van der Waals surface area contributed by atoms with Gasteiger partial charge in [-0.2, -0.15) is 0 Å². The summed E-state index contributed by atoms with van der Waals surface area (Å²) in [4.78, 5) is 27.5. The highest BCUT2D eigenvalue weighted by Gasteiger charge is 2.33. The predicted molar refractivity (Wildman–Crippen MR) is 146 cm³/mol. The molecule has 0 aromatic heterocycles. The van der Waals surface area contributed by atoms with Crippen molar-refractivity contribution in [3.05, 3.63) is 92.9 Å². The molecule has 3 aromatic rings. The Hall–Kier alpha value is -2.59. The number of likely N-dealkylation sites (N-methyl/N-ethyl adjacent to an activating group) is 1. The molecule has 3 aromatic carbocycles. The van der Waals surface area contributed by atoms with E-state index < -0.39 is 28.5 Å². The van der Waals surface area contributed by atoms with Crippen molar-refractivity contribution in [2.24, 2.45) is 0 Å². The van der Waals surface area contributed by atoms with Crippen molar-refractivity contribution < 1.29 is 18.0 Å². The number of carbonyl (C=O) groups excluding carboxylic acids is 2. The molecule has 36 heavy (non-hydrogen) atoms. The lowest BCUT2D eigenvalue weighted by atomic mass is 10.1. The topological polar surface area (TPSA) is 86.8 Å². The van der Waals surface area contributed by atoms with Crippen LogP contribution in [-0.4, -0.2) is 44.8 Å². The van der Waals surface area contributed by atoms with E-state index in [2.05, 4.69) is 21.2 Å². The molecule has 190 valence electrons. The second kappa shape index (κ2) is 12.1. The van der Waals surface area contributed by atoms with Gasteiger partial charge in [-0.25, -0.2) is 8.42 Å². The summed E-state index contributed by atoms with van der Waals surface area (Å²) in [5.74, 6) is -0.970. The minimum absolute atomic E-state index is 0.0115. The standard InChI is InChI=1S/C25H24BrCl2N3O4S/c1-17(25(33)29-2)30(15-18-8-10-19(26)11-9-18)24(32)16-31(23-13-12-20(27)14-22(23)28)36(34,35)21-6-4-3-5-7-21/h3-14,17H,15-16H2,1-2H3,(H,29,33)/t17-/m0/s1. The lowest BCUT2D eigenvalue weighted by Gasteiger charge is -2.32. The van der Waals surface area contributed by atoms with E-state index in [1.165, 1.54) is 42.3 Å². The summed E-state index contributed by atoms with van der Waals surface area (Å²) < 4.78 is 29.1. The first-order valence-electron chi connectivity index (χ1n) is 10.8. The molecule has 11 heteroatoms. The molecule has 0 aliphatic heterocycles. The van der Waals surface area contributed by atoms with Crippen molar-refractivity contribution in [2.75, 3.05) is 17.9 Å². The van der Waals surface area contributed by atoms with Crippen LogP contribution in [0.15, 0.2) is 82.2 Å². The summed E-state index contributed by atoms with van der Waals surface area (Å²) in [5.41, 5.74) is 0.860. The Bertz CT molecular complexity index is 1340. The Balaban J connectivity index is 2.05. The third kappa shape index (κ3) is 6.59. The van der Waals surface area contributed by atoms with Crippen LogP contribution in [-0.2, 0) is 26.2 Å². The Morgan fingerprint density at radius 3 is 2.22 bits per heavy atom. The van der Waals surface area contributed by atoms with E-state index >= 15 is 0 Å². The summed E-state index contributed by atoms with van der Waals surface area (Å²) in [6.45, 7) is 1.09. The van der Waals surface area contributed by atoms with E-state index in [-0.39, 0.29) is 28.1 Å². The maximum atomic E-state index is 13.7. The molecular weight excluding hydrogens is 589 g/mol. The minimum atomic E-state index is -4.20. The number of sulfonamides is 1. The summed E-state index contributed by atoms with van der Waals surface area (Å²) in [7, 11) is -2.72. The van der Waals surface area contributed by atoms with Crippen LogP contribution in [0, 0.1) is 0 Å². The van der Waals surface area contributed by atoms with Crippen LogP contribution in [0.4, 0.5) is 5.69 Å². The van der Waals surface area contributed by atoms with Crippen LogP contribution in [0.2, 0.25) is 10.0 Å². The Morgan fingerprint density at radius 2 is 1.64 bits per heavy atom. The zero-order valence-corrected chi connectivity index (χ0v) is 23.4. The van der Waals surface area contributed by atoms with Gasteiger partial charge in [0.15, 0.2) is 0 Å². The number of halogens is 3. The first-order chi connectivity index (χ1) is 17.0. The number of amides is 2. The van der Waals surface area contributed by atoms with Gasteiger partial charge < -0.3 is 10.2 Å². The van der Waals surface area contributed by atoms with Gasteiger partial charge in [-0.3, -0.25) is 13.9 Å². The van der Waals surface area contributed by atoms with Crippen LogP contribution >= 0.6 is 39.1 Å². The summed E-state index contributed by atoms with van der Waals surface area (Å²) >= 11 is 15.8. The molecule has 0 heterocycles. The molecule has 0 radical (unpaired) electrons. The third-order valence-corrected chi connectivity index (χ3v) is 8.31. The monoisotopic (exact) mass is 611 g/mol. The average Bonchev–Trinajstić information content (AvgIpc) is 2.86. The van der Waals surface area contributed by atoms with Crippen molar-refractivity contribution >= 4 is 66.7 Å². The molecule has 1 atom stereocenters. The van der Waals surface area contributed by atoms with Crippen molar-refractivity contribution in [1.82, 2.24) is 10.2 Å². The van der Waals surface area contributed by atoms with Gasteiger partial charge in [0.2, 0.25) is 11.8 Å². The fourth-order valence-corrected chi connectivity index (χ4v) is 5.77. The normalized spacial score (nSPS) is 12.0. The lowest BCUT2D eigenvalue weighted by Crippen LogP contribution is -2.50. The molecule has 0 saturated heterocycles. The Morgan fingerprint density at radius 1 is 1.00 bits per heavy atom. The Labute approximate surface area is 229 Å². The van der Waals surface area contributed by atoms with Gasteiger partial charge >= 0.3 is 0 Å². The number of nitrogens with one attached hydrogen (secondary N) is 1. The number of anilines is 1. The van der Waals surface area contributed by atoms with Gasteiger partial charge in [-0.05, 0) is 55.0 Å². The van der Waals surface area contributed by atoms with Gasteiger partial charge in [0.1, 0.15) is 12.6 Å². The maximum Gasteiger partial charge on any atom is 0.264 e. The second-order valence-electron chi connectivity index (χ2n) is 7.86. The van der Waals surface area contributed by atoms with Crippen molar-refractivity contribution in [2.45, 2.75) is 24.4 Å². The maximum absolute atomic E-state index is 13.7. The molecule has 1 N–H and O–H groups in total. The van der Waals surface area contributed by atoms with Crippen molar-refractivity contribution in [3.8, 4) is 0 Å². The first kappa shape index (κ1) is 28.0. The van der Waals surface area contributed by atoms with Gasteiger partial charge in [0, 0.05) is 23.1 Å². The van der Waals surface area contributed by atoms with Crippen molar-refractivity contribution in [1.29, 1.82) is 0 Å². The molecule has 0 saturated carbocycles. The largest absolute Gasteiger partial charge is 0.357 e. The van der Waals surface area contributed by atoms with Gasteiger partial charge in [-0.1, -0.05) is 69.5 Å². The summed E-state index contributed by atoms with van der Waals surface area (Å²) in [6, 6.07) is 18.5. The van der Waals surface area contributed by atoms with Crippen molar-refractivity contribution in [3.63, 3.8) is 0 Å². The SMILES string of the molecule is CNC(=O)[C@H](C)N(Cc1ccc(Br)cc1)C(=O)CN(c1ccc(Cl)cc1Cl)S(=O)(=O)c1ccccc1. The van der Waals surface area contributed by atoms with E-state index in [4.69, 9.17) is 23.2 Å². The van der Waals surface area contributed by atoms with E-state index in [1.54, 1.807) is 25.1 Å². The average molecular weight is 613 g/mol. The molecule has 0 aliphatic rings. The number of carbonyl (C=O) groups is 2. The van der Waals surface area contributed by atoms with Gasteiger partial charge in [0.25, 0.3) is 10.0 Å². The second-order valence-corrected chi connectivity index (χ2v) is 11.5. The summed E-state index contributed by atoms with van der Waals surface area (Å²) in [5, 5.41) is 2.92. The zero-order valence-electron chi connectivity index (χ0n) is 19.5. The molecule has 0 fully saturated rings. The first-order valence-corrected chi connectivity index (χ1v) is 13.8. The van der Waals surface area contributed by atoms with Crippen LogP contribution in [0.25, 0.3) is 0 Å². The van der Waals surface area contributed by atoms with E-state index in [1.807, 2.05) is 24.3 Å². The number of hydrogen-bond acceptors (Lipinski definition) is 4. The highest BCUT2D eigenvalue weighted by molar-refractivity contribution is 9.10. The molecule has 2 amide bonds. The highest BCUT2D eigenvalue weighted by atomic mass is 79.9. The molecule has 3 rings (SSSR count). The third-order valence-electron chi connectivity index (χ3n) is 5.47. The molecule has 0 spiro atoms. The smallest absolute Gasteiger partial charge is 0.264 e. The van der Waals surface area contributed by atoms with Crippen LogP contribution in [0.1, 0.15) is 12.5 Å². The molecule has 0 bridgehead atoms. The van der Waals surface area contributed by atoms with Crippen LogP contribution in [0.3, 0.4) is 0 Å². The number of rotatable bonds is 9. The van der Waals surface area contributed by atoms with Crippen LogP contribution < -0.4 is 9.62 Å². The van der Waals surface area contributed by atoms with Crippen LogP contribution in [0.5, 0.6) is 0 Å². The number of benzene rings is 3. The predicted octanol–water partition coefficient (Wildman–Crippen LogP) is 5.11. The quantitative estimate of drug-likeness (QED) is 0.364. The van der Waals surface area contributed by atoms with E-state index in [9.17, 15) is 18.0 Å². The molecule has 0 aliphatic carbocycles. The zero-order chi connectivity index (χ0) is 26.5. The minimum Gasteiger partial charge on any atom is -0.357 e. The van der Waals surface area contributed by atoms with E-state index in [0.29, 0.717) is 5.02 Å². The fraction of sp³-hybridized carbons (Fsp3) is 0.200. The van der Waals surface area contributed by atoms with Gasteiger partial charge in [-0.15, -0.1) is 0 Å².